The fourth-order valence-corrected chi connectivity index (χ4v) is 2.90. The molecule has 5 heteroatoms. The summed E-state index contributed by atoms with van der Waals surface area (Å²) in [4.78, 5) is 13.9. The van der Waals surface area contributed by atoms with Gasteiger partial charge in [0.15, 0.2) is 5.82 Å². The Labute approximate surface area is 141 Å². The first-order chi connectivity index (χ1) is 11.9. The molecule has 1 aliphatic heterocycles. The van der Waals surface area contributed by atoms with Crippen molar-refractivity contribution in [3.8, 4) is 11.4 Å². The van der Waals surface area contributed by atoms with Crippen molar-refractivity contribution in [3.63, 3.8) is 0 Å². The van der Waals surface area contributed by atoms with E-state index in [1.165, 1.54) is 5.56 Å². The number of benzene rings is 1. The highest BCUT2D eigenvalue weighted by Gasteiger charge is 2.18. The normalized spacial score (nSPS) is 13.3. The number of rotatable bonds is 4. The number of hydrogen-bond acceptors (Lipinski definition) is 5. The van der Waals surface area contributed by atoms with Gasteiger partial charge in [-0.2, -0.15) is 0 Å². The summed E-state index contributed by atoms with van der Waals surface area (Å²) in [5.74, 6) is 1.69. The van der Waals surface area contributed by atoms with E-state index in [2.05, 4.69) is 15.6 Å². The molecule has 0 saturated carbocycles. The molecule has 0 unspecified atom stereocenters. The van der Waals surface area contributed by atoms with Gasteiger partial charge in [-0.1, -0.05) is 36.4 Å². The molecule has 3 aromatic rings. The second-order valence-electron chi connectivity index (χ2n) is 5.79. The first kappa shape index (κ1) is 14.8. The van der Waals surface area contributed by atoms with E-state index < -0.39 is 0 Å². The van der Waals surface area contributed by atoms with Crippen molar-refractivity contribution in [2.45, 2.75) is 19.5 Å². The zero-order valence-electron chi connectivity index (χ0n) is 13.4. The van der Waals surface area contributed by atoms with Gasteiger partial charge in [0.1, 0.15) is 5.82 Å². The van der Waals surface area contributed by atoms with Gasteiger partial charge in [0.05, 0.1) is 17.9 Å². The lowest BCUT2D eigenvalue weighted by molar-refractivity contribution is 0.625. The Hall–Kier alpha value is -2.79. The van der Waals surface area contributed by atoms with Crippen LogP contribution in [0.3, 0.4) is 0 Å². The molecule has 2 N–H and O–H groups in total. The molecule has 2 aromatic heterocycles. The van der Waals surface area contributed by atoms with Crippen LogP contribution >= 0.6 is 0 Å². The third-order valence-electron chi connectivity index (χ3n) is 4.13. The lowest BCUT2D eigenvalue weighted by Crippen LogP contribution is -2.26. The minimum atomic E-state index is 0.659. The Kier molecular flexibility index (Phi) is 4.16. The van der Waals surface area contributed by atoms with E-state index >= 15 is 0 Å². The zero-order chi connectivity index (χ0) is 16.2. The van der Waals surface area contributed by atoms with Crippen LogP contribution < -0.4 is 10.6 Å². The van der Waals surface area contributed by atoms with E-state index in [-0.39, 0.29) is 0 Å². The predicted molar refractivity (Wildman–Crippen MR) is 94.4 cm³/mol. The summed E-state index contributed by atoms with van der Waals surface area (Å²) in [5, 5.41) is 6.85. The summed E-state index contributed by atoms with van der Waals surface area (Å²) in [7, 11) is 0. The molecule has 0 spiro atoms. The molecule has 3 heterocycles. The molecular weight excluding hydrogens is 298 g/mol. The third-order valence-corrected chi connectivity index (χ3v) is 4.13. The molecule has 0 atom stereocenters. The van der Waals surface area contributed by atoms with Gasteiger partial charge in [-0.05, 0) is 25.1 Å². The Balaban J connectivity index is 1.68. The van der Waals surface area contributed by atoms with E-state index in [1.807, 2.05) is 54.7 Å². The molecule has 1 aromatic carbocycles. The summed E-state index contributed by atoms with van der Waals surface area (Å²) in [6, 6.07) is 16.0. The highest BCUT2D eigenvalue weighted by molar-refractivity contribution is 5.60. The Morgan fingerprint density at radius 2 is 1.88 bits per heavy atom. The minimum Gasteiger partial charge on any atom is -0.364 e. The van der Waals surface area contributed by atoms with Crippen molar-refractivity contribution >= 4 is 5.82 Å². The molecule has 0 saturated heterocycles. The SMILES string of the molecule is c1ccc(-c2nc3c(c(NCc4ccccn4)n2)CCNC3)cc1. The molecule has 24 heavy (non-hydrogen) atoms. The lowest BCUT2D eigenvalue weighted by atomic mass is 10.1. The smallest absolute Gasteiger partial charge is 0.161 e. The van der Waals surface area contributed by atoms with Crippen molar-refractivity contribution in [2.75, 3.05) is 11.9 Å². The number of hydrogen-bond donors (Lipinski definition) is 2. The van der Waals surface area contributed by atoms with Crippen LogP contribution in [0.25, 0.3) is 11.4 Å². The predicted octanol–water partition coefficient (Wildman–Crippen LogP) is 2.80. The fourth-order valence-electron chi connectivity index (χ4n) is 2.90. The summed E-state index contributed by atoms with van der Waals surface area (Å²) in [6.07, 6.45) is 2.75. The van der Waals surface area contributed by atoms with Crippen molar-refractivity contribution in [1.82, 2.24) is 20.3 Å². The van der Waals surface area contributed by atoms with Crippen LogP contribution in [0.2, 0.25) is 0 Å². The molecule has 1 aliphatic rings. The molecule has 120 valence electrons. The van der Waals surface area contributed by atoms with E-state index in [1.54, 1.807) is 0 Å². The first-order valence-electron chi connectivity index (χ1n) is 8.20. The molecule has 4 rings (SSSR count). The number of pyridine rings is 1. The number of nitrogens with zero attached hydrogens (tertiary/aromatic N) is 3. The fraction of sp³-hybridized carbons (Fsp3) is 0.211. The summed E-state index contributed by atoms with van der Waals surface area (Å²) >= 11 is 0. The van der Waals surface area contributed by atoms with Gasteiger partial charge in [-0.3, -0.25) is 4.98 Å². The van der Waals surface area contributed by atoms with E-state index in [4.69, 9.17) is 9.97 Å². The quantitative estimate of drug-likeness (QED) is 0.775. The highest BCUT2D eigenvalue weighted by Crippen LogP contribution is 2.25. The van der Waals surface area contributed by atoms with Gasteiger partial charge < -0.3 is 10.6 Å². The van der Waals surface area contributed by atoms with Crippen LogP contribution in [-0.4, -0.2) is 21.5 Å². The van der Waals surface area contributed by atoms with Gasteiger partial charge in [0.2, 0.25) is 0 Å². The van der Waals surface area contributed by atoms with Crippen molar-refractivity contribution < 1.29 is 0 Å². The number of fused-ring (bicyclic) bond motifs is 1. The van der Waals surface area contributed by atoms with Crippen LogP contribution in [0.5, 0.6) is 0 Å². The third kappa shape index (κ3) is 3.12. The topological polar surface area (TPSA) is 62.7 Å². The maximum atomic E-state index is 4.79. The van der Waals surface area contributed by atoms with Crippen LogP contribution in [0.15, 0.2) is 54.7 Å². The van der Waals surface area contributed by atoms with Crippen LogP contribution in [0.1, 0.15) is 17.0 Å². The average molecular weight is 317 g/mol. The summed E-state index contributed by atoms with van der Waals surface area (Å²) in [6.45, 7) is 2.40. The van der Waals surface area contributed by atoms with Gasteiger partial charge in [-0.25, -0.2) is 9.97 Å². The second kappa shape index (κ2) is 6.76. The average Bonchev–Trinajstić information content (AvgIpc) is 2.67. The van der Waals surface area contributed by atoms with E-state index in [0.29, 0.717) is 6.54 Å². The van der Waals surface area contributed by atoms with Crippen molar-refractivity contribution in [3.05, 3.63) is 71.7 Å². The van der Waals surface area contributed by atoms with Crippen LogP contribution in [0, 0.1) is 0 Å². The minimum absolute atomic E-state index is 0.659. The molecular formula is C19H19N5. The maximum absolute atomic E-state index is 4.79. The maximum Gasteiger partial charge on any atom is 0.161 e. The number of anilines is 1. The Bertz CT molecular complexity index is 818. The molecule has 0 fully saturated rings. The summed E-state index contributed by atoms with van der Waals surface area (Å²) in [5.41, 5.74) is 4.33. The Morgan fingerprint density at radius 1 is 1.00 bits per heavy atom. The number of nitrogens with one attached hydrogen (secondary N) is 2. The van der Waals surface area contributed by atoms with E-state index in [0.717, 1.165) is 48.1 Å². The Morgan fingerprint density at radius 3 is 2.71 bits per heavy atom. The van der Waals surface area contributed by atoms with Gasteiger partial charge >= 0.3 is 0 Å². The van der Waals surface area contributed by atoms with E-state index in [9.17, 15) is 0 Å². The molecule has 0 radical (unpaired) electrons. The van der Waals surface area contributed by atoms with Crippen molar-refractivity contribution in [1.29, 1.82) is 0 Å². The van der Waals surface area contributed by atoms with Gasteiger partial charge in [-0.15, -0.1) is 0 Å². The monoisotopic (exact) mass is 317 g/mol. The van der Waals surface area contributed by atoms with Crippen LogP contribution in [0.4, 0.5) is 5.82 Å². The van der Waals surface area contributed by atoms with Crippen molar-refractivity contribution in [2.24, 2.45) is 0 Å². The molecule has 0 bridgehead atoms. The largest absolute Gasteiger partial charge is 0.364 e. The second-order valence-corrected chi connectivity index (χ2v) is 5.79. The number of aromatic nitrogens is 3. The molecule has 0 aliphatic carbocycles. The van der Waals surface area contributed by atoms with Gasteiger partial charge in [0.25, 0.3) is 0 Å². The zero-order valence-corrected chi connectivity index (χ0v) is 13.4. The first-order valence-corrected chi connectivity index (χ1v) is 8.20. The lowest BCUT2D eigenvalue weighted by Gasteiger charge is -2.20. The van der Waals surface area contributed by atoms with Gasteiger partial charge in [0, 0.05) is 23.9 Å². The molecule has 0 amide bonds. The molecule has 5 nitrogen and oxygen atoms in total. The summed E-state index contributed by atoms with van der Waals surface area (Å²) < 4.78 is 0. The van der Waals surface area contributed by atoms with Crippen LogP contribution in [-0.2, 0) is 19.5 Å². The standard InChI is InChI=1S/C19H19N5/c1-2-6-14(7-3-1)18-23-17-13-20-11-9-16(17)19(24-18)22-12-15-8-4-5-10-21-15/h1-8,10,20H,9,11-13H2,(H,22,23,24). The highest BCUT2D eigenvalue weighted by atomic mass is 15.1.